The molecule has 3 aliphatic rings. The van der Waals surface area contributed by atoms with E-state index in [0.29, 0.717) is 18.2 Å². The van der Waals surface area contributed by atoms with Gasteiger partial charge in [0, 0.05) is 32.6 Å². The van der Waals surface area contributed by atoms with Gasteiger partial charge in [-0.3, -0.25) is 9.69 Å². The Labute approximate surface area is 186 Å². The van der Waals surface area contributed by atoms with Crippen molar-refractivity contribution in [1.29, 1.82) is 0 Å². The molecule has 2 aliphatic heterocycles. The lowest BCUT2D eigenvalue weighted by atomic mass is 9.73. The Morgan fingerprint density at radius 3 is 2.48 bits per heavy atom. The van der Waals surface area contributed by atoms with Crippen molar-refractivity contribution in [3.05, 3.63) is 59.0 Å². The van der Waals surface area contributed by atoms with Gasteiger partial charge in [-0.1, -0.05) is 24.3 Å². The molecule has 31 heavy (non-hydrogen) atoms. The summed E-state index contributed by atoms with van der Waals surface area (Å²) < 4.78 is 5.80. The molecule has 1 aromatic carbocycles. The minimum absolute atomic E-state index is 0.235. The first kappa shape index (κ1) is 20.8. The fraction of sp³-hybridized carbons (Fsp3) is 0.577. The highest BCUT2D eigenvalue weighted by Crippen LogP contribution is 2.52. The average molecular weight is 422 g/mol. The van der Waals surface area contributed by atoms with E-state index >= 15 is 0 Å². The molecule has 5 nitrogen and oxygen atoms in total. The number of hydrogen-bond donors (Lipinski definition) is 0. The Bertz CT molecular complexity index is 920. The van der Waals surface area contributed by atoms with E-state index in [4.69, 9.17) is 4.42 Å². The molecule has 1 aliphatic carbocycles. The number of rotatable bonds is 4. The number of amides is 1. The third-order valence-corrected chi connectivity index (χ3v) is 7.87. The standard InChI is InChI=1S/C26H35N3O2/c1-20-7-8-22(31-20)19-28-11-9-26(10-12-28)18-21(23-5-3-4-6-24(23)26)17-25(30)29-15-13-27(2)14-16-29/h3-8,21H,9-19H2,1-2H3/t21-/m1/s1. The van der Waals surface area contributed by atoms with Crippen molar-refractivity contribution < 1.29 is 9.21 Å². The van der Waals surface area contributed by atoms with Gasteiger partial charge in [-0.15, -0.1) is 0 Å². The van der Waals surface area contributed by atoms with Crippen LogP contribution >= 0.6 is 0 Å². The van der Waals surface area contributed by atoms with Gasteiger partial charge in [0.25, 0.3) is 0 Å². The number of likely N-dealkylation sites (N-methyl/N-ethyl adjacent to an activating group) is 1. The predicted octanol–water partition coefficient (Wildman–Crippen LogP) is 3.77. The number of benzene rings is 1. The molecule has 166 valence electrons. The molecule has 5 rings (SSSR count). The summed E-state index contributed by atoms with van der Waals surface area (Å²) in [5.74, 6) is 2.76. The van der Waals surface area contributed by atoms with Crippen LogP contribution in [0.5, 0.6) is 0 Å². The van der Waals surface area contributed by atoms with E-state index in [1.54, 1.807) is 0 Å². The summed E-state index contributed by atoms with van der Waals surface area (Å²) in [6.45, 7) is 8.81. The Morgan fingerprint density at radius 2 is 1.77 bits per heavy atom. The molecule has 0 N–H and O–H groups in total. The number of nitrogens with zero attached hydrogens (tertiary/aromatic N) is 3. The first-order valence-electron chi connectivity index (χ1n) is 11.9. The number of fused-ring (bicyclic) bond motifs is 2. The molecular weight excluding hydrogens is 386 g/mol. The van der Waals surface area contributed by atoms with Crippen molar-refractivity contribution in [2.45, 2.75) is 50.5 Å². The molecule has 0 bridgehead atoms. The lowest BCUT2D eigenvalue weighted by Crippen LogP contribution is -2.47. The average Bonchev–Trinajstić information content (AvgIpc) is 3.32. The van der Waals surface area contributed by atoms with Gasteiger partial charge in [-0.05, 0) is 80.9 Å². The molecule has 0 radical (unpaired) electrons. The van der Waals surface area contributed by atoms with E-state index in [1.807, 2.05) is 6.92 Å². The van der Waals surface area contributed by atoms with Gasteiger partial charge >= 0.3 is 0 Å². The van der Waals surface area contributed by atoms with Crippen molar-refractivity contribution in [2.75, 3.05) is 46.3 Å². The largest absolute Gasteiger partial charge is 0.465 e. The zero-order valence-electron chi connectivity index (χ0n) is 19.0. The topological polar surface area (TPSA) is 39.9 Å². The quantitative estimate of drug-likeness (QED) is 0.753. The van der Waals surface area contributed by atoms with Gasteiger partial charge in [0.2, 0.25) is 5.91 Å². The van der Waals surface area contributed by atoms with Crippen LogP contribution in [0, 0.1) is 6.92 Å². The van der Waals surface area contributed by atoms with Crippen LogP contribution in [0.1, 0.15) is 54.2 Å². The first-order valence-corrected chi connectivity index (χ1v) is 11.9. The van der Waals surface area contributed by atoms with E-state index < -0.39 is 0 Å². The highest BCUT2D eigenvalue weighted by molar-refractivity contribution is 5.77. The van der Waals surface area contributed by atoms with Crippen LogP contribution < -0.4 is 0 Å². The highest BCUT2D eigenvalue weighted by atomic mass is 16.3. The number of carbonyl (C=O) groups is 1. The molecule has 0 unspecified atom stereocenters. The monoisotopic (exact) mass is 421 g/mol. The maximum atomic E-state index is 13.1. The summed E-state index contributed by atoms with van der Waals surface area (Å²) in [4.78, 5) is 20.0. The number of furan rings is 1. The molecule has 2 saturated heterocycles. The van der Waals surface area contributed by atoms with Crippen molar-refractivity contribution >= 4 is 5.91 Å². The Morgan fingerprint density at radius 1 is 1.03 bits per heavy atom. The minimum atomic E-state index is 0.235. The van der Waals surface area contributed by atoms with Crippen LogP contribution in [0.3, 0.4) is 0 Å². The maximum Gasteiger partial charge on any atom is 0.223 e. The fourth-order valence-electron chi connectivity index (χ4n) is 6.01. The Kier molecular flexibility index (Phi) is 5.65. The third kappa shape index (κ3) is 4.18. The molecule has 2 aromatic rings. The SMILES string of the molecule is Cc1ccc(CN2CCC3(CC2)C[C@@H](CC(=O)N2CCN(C)CC2)c2ccccc23)o1. The van der Waals surface area contributed by atoms with Crippen LogP contribution in [0.15, 0.2) is 40.8 Å². The number of piperidine rings is 1. The Balaban J connectivity index is 1.26. The summed E-state index contributed by atoms with van der Waals surface area (Å²) in [7, 11) is 2.14. The van der Waals surface area contributed by atoms with Gasteiger partial charge in [-0.25, -0.2) is 0 Å². The lowest BCUT2D eigenvalue weighted by molar-refractivity contribution is -0.133. The maximum absolute atomic E-state index is 13.1. The Hall–Kier alpha value is -2.11. The third-order valence-electron chi connectivity index (χ3n) is 7.87. The van der Waals surface area contributed by atoms with Crippen LogP contribution in [-0.4, -0.2) is 66.9 Å². The fourth-order valence-corrected chi connectivity index (χ4v) is 6.01. The molecular formula is C26H35N3O2. The molecule has 3 heterocycles. The summed E-state index contributed by atoms with van der Waals surface area (Å²) in [6, 6.07) is 13.1. The second-order valence-electron chi connectivity index (χ2n) is 9.95. The molecule has 1 atom stereocenters. The molecule has 5 heteroatoms. The van der Waals surface area contributed by atoms with Crippen LogP contribution in [0.2, 0.25) is 0 Å². The second kappa shape index (κ2) is 8.44. The summed E-state index contributed by atoms with van der Waals surface area (Å²) in [5, 5.41) is 0. The smallest absolute Gasteiger partial charge is 0.223 e. The van der Waals surface area contributed by atoms with Crippen molar-refractivity contribution in [1.82, 2.24) is 14.7 Å². The zero-order chi connectivity index (χ0) is 21.4. The zero-order valence-corrected chi connectivity index (χ0v) is 19.0. The summed E-state index contributed by atoms with van der Waals surface area (Å²) in [5.41, 5.74) is 3.18. The predicted molar refractivity (Wildman–Crippen MR) is 122 cm³/mol. The van der Waals surface area contributed by atoms with Crippen LogP contribution in [0.4, 0.5) is 0 Å². The molecule has 0 saturated carbocycles. The van der Waals surface area contributed by atoms with Crippen LogP contribution in [0.25, 0.3) is 0 Å². The molecule has 1 spiro atoms. The van der Waals surface area contributed by atoms with E-state index in [1.165, 1.54) is 24.0 Å². The van der Waals surface area contributed by atoms with E-state index in [0.717, 1.165) is 63.8 Å². The van der Waals surface area contributed by atoms with E-state index in [2.05, 4.69) is 58.1 Å². The van der Waals surface area contributed by atoms with Crippen LogP contribution in [-0.2, 0) is 16.8 Å². The molecule has 1 aromatic heterocycles. The first-order chi connectivity index (χ1) is 15.0. The number of piperazine rings is 1. The van der Waals surface area contributed by atoms with E-state index in [9.17, 15) is 4.79 Å². The van der Waals surface area contributed by atoms with Gasteiger partial charge in [0.05, 0.1) is 6.54 Å². The minimum Gasteiger partial charge on any atom is -0.465 e. The highest BCUT2D eigenvalue weighted by Gasteiger charge is 2.45. The van der Waals surface area contributed by atoms with Crippen molar-refractivity contribution in [3.8, 4) is 0 Å². The second-order valence-corrected chi connectivity index (χ2v) is 9.95. The molecule has 2 fully saturated rings. The van der Waals surface area contributed by atoms with Gasteiger partial charge in [0.15, 0.2) is 0 Å². The van der Waals surface area contributed by atoms with Crippen molar-refractivity contribution in [3.63, 3.8) is 0 Å². The van der Waals surface area contributed by atoms with Crippen molar-refractivity contribution in [2.24, 2.45) is 0 Å². The normalized spacial score (nSPS) is 23.9. The van der Waals surface area contributed by atoms with Gasteiger partial charge in [0.1, 0.15) is 11.5 Å². The number of likely N-dealkylation sites (tertiary alicyclic amines) is 1. The summed E-state index contributed by atoms with van der Waals surface area (Å²) >= 11 is 0. The number of carbonyl (C=O) groups excluding carboxylic acids is 1. The number of aryl methyl sites for hydroxylation is 1. The van der Waals surface area contributed by atoms with E-state index in [-0.39, 0.29) is 5.41 Å². The summed E-state index contributed by atoms with van der Waals surface area (Å²) in [6.07, 6.45) is 4.13. The van der Waals surface area contributed by atoms with Gasteiger partial charge in [-0.2, -0.15) is 0 Å². The van der Waals surface area contributed by atoms with Gasteiger partial charge < -0.3 is 14.2 Å². The molecule has 1 amide bonds. The lowest BCUT2D eigenvalue weighted by Gasteiger charge is -2.40. The number of hydrogen-bond acceptors (Lipinski definition) is 4.